The number of benzene rings is 8. The van der Waals surface area contributed by atoms with Crippen LogP contribution in [0.15, 0.2) is 146 Å². The van der Waals surface area contributed by atoms with E-state index in [1.807, 2.05) is 0 Å². The van der Waals surface area contributed by atoms with Gasteiger partial charge in [-0.2, -0.15) is 0 Å². The number of rotatable bonds is 3. The molecule has 0 radical (unpaired) electrons. The minimum absolute atomic E-state index is 1.08. The van der Waals surface area contributed by atoms with Crippen molar-refractivity contribution in [1.29, 1.82) is 0 Å². The van der Waals surface area contributed by atoms with Gasteiger partial charge >= 0.3 is 0 Å². The molecule has 1 aliphatic rings. The number of hydrogen-bond acceptors (Lipinski definition) is 0. The van der Waals surface area contributed by atoms with Gasteiger partial charge in [0.1, 0.15) is 0 Å². The lowest BCUT2D eigenvalue weighted by Gasteiger charge is -2.19. The Morgan fingerprint density at radius 3 is 1.50 bits per heavy atom. The summed E-state index contributed by atoms with van der Waals surface area (Å²) >= 11 is 0. The molecular weight excluding hydrogens is 528 g/mol. The second kappa shape index (κ2) is 10.1. The highest BCUT2D eigenvalue weighted by atomic mass is 14.2. The van der Waals surface area contributed by atoms with Crippen LogP contribution in [0.1, 0.15) is 12.8 Å². The van der Waals surface area contributed by atoms with E-state index in [4.69, 9.17) is 0 Å². The second-order valence-electron chi connectivity index (χ2n) is 11.9. The van der Waals surface area contributed by atoms with Crippen molar-refractivity contribution in [2.45, 2.75) is 12.8 Å². The predicted molar refractivity (Wildman–Crippen MR) is 190 cm³/mol. The van der Waals surface area contributed by atoms with Crippen LogP contribution in [0.3, 0.4) is 0 Å². The van der Waals surface area contributed by atoms with Gasteiger partial charge in [-0.25, -0.2) is 0 Å². The summed E-state index contributed by atoms with van der Waals surface area (Å²) < 4.78 is 0. The highest BCUT2D eigenvalue weighted by molar-refractivity contribution is 6.22. The van der Waals surface area contributed by atoms with E-state index in [-0.39, 0.29) is 0 Å². The molecule has 0 spiro atoms. The lowest BCUT2D eigenvalue weighted by Crippen LogP contribution is -2.29. The molecule has 0 atom stereocenters. The van der Waals surface area contributed by atoms with Gasteiger partial charge in [-0.3, -0.25) is 0 Å². The number of fused-ring (bicyclic) bond motifs is 6. The van der Waals surface area contributed by atoms with Gasteiger partial charge in [-0.1, -0.05) is 140 Å². The van der Waals surface area contributed by atoms with Gasteiger partial charge in [-0.05, 0) is 118 Å². The highest BCUT2D eigenvalue weighted by Crippen LogP contribution is 2.44. The van der Waals surface area contributed by atoms with Crippen molar-refractivity contribution in [3.8, 4) is 33.4 Å². The standard InChI is InChI=1S/C44H30/c1-2-13-30(14-3-1)41-27-32-23-25-34(28-42(32)36-17-7-6-16-35(36)41)44-39-20-10-8-18-37(39)43(38-19-9-11-21-40(38)44)33-24-22-29-12-4-5-15-31(29)26-33/h1-5,8-28H,6-7H2. The Balaban J connectivity index is 1.34. The van der Waals surface area contributed by atoms with Crippen LogP contribution >= 0.6 is 0 Å². The van der Waals surface area contributed by atoms with Gasteiger partial charge in [0, 0.05) is 0 Å². The normalized spacial score (nSPS) is 12.7. The summed E-state index contributed by atoms with van der Waals surface area (Å²) in [6.07, 6.45) is 7.06. The first kappa shape index (κ1) is 25.1. The van der Waals surface area contributed by atoms with Crippen LogP contribution in [0.5, 0.6) is 0 Å². The van der Waals surface area contributed by atoms with Crippen molar-refractivity contribution < 1.29 is 0 Å². The van der Waals surface area contributed by atoms with Crippen LogP contribution in [0.25, 0.3) is 88.6 Å². The van der Waals surface area contributed by atoms with E-state index in [0.29, 0.717) is 0 Å². The molecule has 44 heavy (non-hydrogen) atoms. The summed E-state index contributed by atoms with van der Waals surface area (Å²) in [5, 5.41) is 13.1. The summed E-state index contributed by atoms with van der Waals surface area (Å²) in [7, 11) is 0. The Kier molecular flexibility index (Phi) is 5.74. The first-order valence-electron chi connectivity index (χ1n) is 15.6. The first-order chi connectivity index (χ1) is 21.8. The molecule has 9 rings (SSSR count). The van der Waals surface area contributed by atoms with E-state index >= 15 is 0 Å². The Morgan fingerprint density at radius 2 is 0.841 bits per heavy atom. The second-order valence-corrected chi connectivity index (χ2v) is 11.9. The SMILES string of the molecule is C1=c2c(-c3ccccc3)cc3ccc(-c4c5ccccc5c(-c5ccc6ccccc6c5)c5ccccc45)cc3c2=CCC1. The fraction of sp³-hybridized carbons (Fsp3) is 0.0455. The summed E-state index contributed by atoms with van der Waals surface area (Å²) in [6, 6.07) is 53.8. The van der Waals surface area contributed by atoms with Crippen molar-refractivity contribution in [2.75, 3.05) is 0 Å². The quantitative estimate of drug-likeness (QED) is 0.189. The minimum atomic E-state index is 1.08. The van der Waals surface area contributed by atoms with E-state index in [0.717, 1.165) is 12.8 Å². The average Bonchev–Trinajstić information content (AvgIpc) is 3.10. The van der Waals surface area contributed by atoms with E-state index in [9.17, 15) is 0 Å². The van der Waals surface area contributed by atoms with E-state index in [2.05, 4.69) is 158 Å². The molecule has 8 aromatic carbocycles. The van der Waals surface area contributed by atoms with Gasteiger partial charge in [-0.15, -0.1) is 0 Å². The predicted octanol–water partition coefficient (Wildman–Crippen LogP) is 10.7. The third-order valence-corrected chi connectivity index (χ3v) is 9.43. The molecule has 0 unspecified atom stereocenters. The van der Waals surface area contributed by atoms with Gasteiger partial charge < -0.3 is 0 Å². The topological polar surface area (TPSA) is 0 Å². The number of hydrogen-bond donors (Lipinski definition) is 0. The zero-order chi connectivity index (χ0) is 29.0. The molecule has 0 heterocycles. The monoisotopic (exact) mass is 558 g/mol. The minimum Gasteiger partial charge on any atom is -0.0757 e. The molecule has 206 valence electrons. The summed E-state index contributed by atoms with van der Waals surface area (Å²) in [6.45, 7) is 0. The van der Waals surface area contributed by atoms with Crippen LogP contribution in [-0.2, 0) is 0 Å². The highest BCUT2D eigenvalue weighted by Gasteiger charge is 2.17. The fourth-order valence-electron chi connectivity index (χ4n) is 7.44. The van der Waals surface area contributed by atoms with Crippen molar-refractivity contribution in [3.05, 3.63) is 156 Å². The van der Waals surface area contributed by atoms with Crippen LogP contribution in [0.4, 0.5) is 0 Å². The zero-order valence-corrected chi connectivity index (χ0v) is 24.4. The maximum absolute atomic E-state index is 2.45. The van der Waals surface area contributed by atoms with Crippen molar-refractivity contribution in [2.24, 2.45) is 0 Å². The Hall–Kier alpha value is -5.46. The van der Waals surface area contributed by atoms with Gasteiger partial charge in [0.15, 0.2) is 0 Å². The Labute approximate surface area is 256 Å². The van der Waals surface area contributed by atoms with Crippen molar-refractivity contribution in [3.63, 3.8) is 0 Å². The van der Waals surface area contributed by atoms with Gasteiger partial charge in [0.25, 0.3) is 0 Å². The molecule has 8 aromatic rings. The molecule has 0 saturated heterocycles. The molecule has 0 fully saturated rings. The third-order valence-electron chi connectivity index (χ3n) is 9.43. The maximum atomic E-state index is 2.45. The summed E-state index contributed by atoms with van der Waals surface area (Å²) in [5.41, 5.74) is 7.75. The van der Waals surface area contributed by atoms with Crippen LogP contribution < -0.4 is 10.4 Å². The lowest BCUT2D eigenvalue weighted by atomic mass is 9.84. The third kappa shape index (κ3) is 3.92. The van der Waals surface area contributed by atoms with Crippen LogP contribution in [-0.4, -0.2) is 0 Å². The smallest absolute Gasteiger partial charge is 0.00261 e. The van der Waals surface area contributed by atoms with E-state index in [1.54, 1.807) is 0 Å². The molecule has 0 saturated carbocycles. The van der Waals surface area contributed by atoms with Crippen LogP contribution in [0, 0.1) is 0 Å². The van der Waals surface area contributed by atoms with Crippen molar-refractivity contribution in [1.82, 2.24) is 0 Å². The first-order valence-corrected chi connectivity index (χ1v) is 15.6. The largest absolute Gasteiger partial charge is 0.0757 e. The molecule has 0 N–H and O–H groups in total. The molecular formula is C44H30. The Morgan fingerprint density at radius 1 is 0.318 bits per heavy atom. The molecule has 1 aliphatic carbocycles. The molecule has 0 amide bonds. The van der Waals surface area contributed by atoms with Crippen LogP contribution in [0.2, 0.25) is 0 Å². The van der Waals surface area contributed by atoms with Crippen molar-refractivity contribution >= 4 is 55.2 Å². The molecule has 0 nitrogen and oxygen atoms in total. The molecule has 0 aromatic heterocycles. The van der Waals surface area contributed by atoms with E-state index in [1.165, 1.54) is 86.9 Å². The van der Waals surface area contributed by atoms with E-state index < -0.39 is 0 Å². The maximum Gasteiger partial charge on any atom is -0.00261 e. The van der Waals surface area contributed by atoms with Gasteiger partial charge in [0.2, 0.25) is 0 Å². The zero-order valence-electron chi connectivity index (χ0n) is 24.4. The Bertz CT molecular complexity index is 2480. The molecule has 0 heteroatoms. The van der Waals surface area contributed by atoms with Gasteiger partial charge in [0.05, 0.1) is 0 Å². The fourth-order valence-corrected chi connectivity index (χ4v) is 7.44. The lowest BCUT2D eigenvalue weighted by molar-refractivity contribution is 1.12. The average molecular weight is 559 g/mol. The summed E-state index contributed by atoms with van der Waals surface area (Å²) in [5.74, 6) is 0. The summed E-state index contributed by atoms with van der Waals surface area (Å²) in [4.78, 5) is 0. The molecule has 0 aliphatic heterocycles. The molecule has 0 bridgehead atoms.